The summed E-state index contributed by atoms with van der Waals surface area (Å²) in [6.07, 6.45) is 0. The minimum absolute atomic E-state index is 0.0969. The Kier molecular flexibility index (Phi) is 4.54. The summed E-state index contributed by atoms with van der Waals surface area (Å²) in [6.45, 7) is 2.29. The molecule has 1 atom stereocenters. The zero-order valence-electron chi connectivity index (χ0n) is 12.1. The number of carbonyl (C=O) groups excluding carboxylic acids is 1. The number of nitrogens with zero attached hydrogens (tertiary/aromatic N) is 1. The number of aromatic nitrogens is 2. The van der Waals surface area contributed by atoms with Crippen molar-refractivity contribution in [2.75, 3.05) is 13.7 Å². The average Bonchev–Trinajstić information content (AvgIpc) is 2.44. The van der Waals surface area contributed by atoms with Crippen LogP contribution in [0.25, 0.3) is 10.9 Å². The molecule has 0 aliphatic rings. The zero-order valence-corrected chi connectivity index (χ0v) is 12.9. The van der Waals surface area contributed by atoms with E-state index in [4.69, 9.17) is 17.0 Å². The Hall–Kier alpha value is -1.99. The number of hydrogen-bond donors (Lipinski definition) is 2. The van der Waals surface area contributed by atoms with Crippen LogP contribution >= 0.6 is 12.2 Å². The van der Waals surface area contributed by atoms with E-state index in [9.17, 15) is 9.59 Å². The molecule has 2 rings (SSSR count). The first kappa shape index (κ1) is 15.4. The molecule has 21 heavy (non-hydrogen) atoms. The van der Waals surface area contributed by atoms with Gasteiger partial charge < -0.3 is 15.0 Å². The van der Waals surface area contributed by atoms with Gasteiger partial charge in [-0.25, -0.2) is 0 Å². The molecule has 0 saturated carbocycles. The van der Waals surface area contributed by atoms with E-state index in [0.717, 1.165) is 0 Å². The number of methoxy groups -OCH3 is 1. The first-order valence-corrected chi connectivity index (χ1v) is 6.87. The number of benzene rings is 1. The van der Waals surface area contributed by atoms with Crippen molar-refractivity contribution in [2.24, 2.45) is 7.05 Å². The number of nitrogens with one attached hydrogen (secondary N) is 2. The molecule has 1 amide bonds. The van der Waals surface area contributed by atoms with Crippen LogP contribution in [0.5, 0.6) is 0 Å². The fraction of sp³-hybridized carbons (Fsp3) is 0.357. The number of aromatic amines is 1. The molecule has 0 spiro atoms. The van der Waals surface area contributed by atoms with E-state index in [0.29, 0.717) is 27.8 Å². The molecule has 0 radical (unpaired) electrons. The topological polar surface area (TPSA) is 76.1 Å². The zero-order chi connectivity index (χ0) is 15.6. The monoisotopic (exact) mass is 307 g/mol. The predicted molar refractivity (Wildman–Crippen MR) is 83.2 cm³/mol. The number of ether oxygens (including phenoxy) is 1. The molecule has 6 nitrogen and oxygen atoms in total. The van der Waals surface area contributed by atoms with Gasteiger partial charge >= 0.3 is 0 Å². The van der Waals surface area contributed by atoms with Crippen molar-refractivity contribution >= 4 is 29.0 Å². The van der Waals surface area contributed by atoms with Crippen LogP contribution in [0.1, 0.15) is 17.3 Å². The smallest absolute Gasteiger partial charge is 0.261 e. The van der Waals surface area contributed by atoms with Gasteiger partial charge in [0.25, 0.3) is 11.5 Å². The lowest BCUT2D eigenvalue weighted by Crippen LogP contribution is -2.35. The van der Waals surface area contributed by atoms with Gasteiger partial charge in [-0.2, -0.15) is 0 Å². The van der Waals surface area contributed by atoms with Crippen molar-refractivity contribution < 1.29 is 9.53 Å². The fourth-order valence-corrected chi connectivity index (χ4v) is 2.24. The summed E-state index contributed by atoms with van der Waals surface area (Å²) in [5.74, 6) is -0.221. The second kappa shape index (κ2) is 6.19. The summed E-state index contributed by atoms with van der Waals surface area (Å²) in [7, 11) is 3.18. The van der Waals surface area contributed by atoms with Crippen molar-refractivity contribution in [3.63, 3.8) is 0 Å². The first-order chi connectivity index (χ1) is 9.93. The summed E-state index contributed by atoms with van der Waals surface area (Å²) in [5.41, 5.74) is 0.827. The maximum absolute atomic E-state index is 12.1. The van der Waals surface area contributed by atoms with Crippen LogP contribution in [0.4, 0.5) is 0 Å². The number of hydrogen-bond acceptors (Lipinski definition) is 4. The second-order valence-corrected chi connectivity index (χ2v) is 5.27. The highest BCUT2D eigenvalue weighted by atomic mass is 32.1. The molecule has 1 unspecified atom stereocenters. The Morgan fingerprint density at radius 1 is 1.52 bits per heavy atom. The standard InChI is InChI=1S/C14H17N3O3S/c1-8(7-20-3)15-12(18)9-4-5-10-11(6-9)16-14(21)17(2)13(10)19/h4-6,8H,7H2,1-3H3,(H,15,18)(H,16,21). The Balaban J connectivity index is 2.40. The lowest BCUT2D eigenvalue weighted by Gasteiger charge is -2.13. The summed E-state index contributed by atoms with van der Waals surface area (Å²) >= 11 is 5.07. The van der Waals surface area contributed by atoms with E-state index in [-0.39, 0.29) is 17.5 Å². The summed E-state index contributed by atoms with van der Waals surface area (Å²) in [6, 6.07) is 4.77. The van der Waals surface area contributed by atoms with E-state index < -0.39 is 0 Å². The second-order valence-electron chi connectivity index (χ2n) is 4.88. The van der Waals surface area contributed by atoms with Crippen LogP contribution in [0.15, 0.2) is 23.0 Å². The van der Waals surface area contributed by atoms with Gasteiger partial charge in [0.1, 0.15) is 0 Å². The Morgan fingerprint density at radius 3 is 2.90 bits per heavy atom. The van der Waals surface area contributed by atoms with Crippen LogP contribution in [-0.4, -0.2) is 35.2 Å². The van der Waals surface area contributed by atoms with Gasteiger partial charge in [-0.1, -0.05) is 0 Å². The molecule has 1 heterocycles. The molecule has 0 fully saturated rings. The summed E-state index contributed by atoms with van der Waals surface area (Å²) in [4.78, 5) is 27.1. The number of fused-ring (bicyclic) bond motifs is 1. The van der Waals surface area contributed by atoms with Crippen molar-refractivity contribution in [2.45, 2.75) is 13.0 Å². The molecule has 1 aromatic carbocycles. The van der Waals surface area contributed by atoms with Gasteiger partial charge in [-0.05, 0) is 37.3 Å². The van der Waals surface area contributed by atoms with Gasteiger partial charge in [-0.15, -0.1) is 0 Å². The van der Waals surface area contributed by atoms with Crippen molar-refractivity contribution in [3.05, 3.63) is 38.9 Å². The molecular formula is C14H17N3O3S. The van der Waals surface area contributed by atoms with Crippen LogP contribution in [0, 0.1) is 4.77 Å². The Labute approximate surface area is 126 Å². The number of rotatable bonds is 4. The van der Waals surface area contributed by atoms with Crippen molar-refractivity contribution in [1.82, 2.24) is 14.9 Å². The molecule has 0 aliphatic heterocycles. The maximum Gasteiger partial charge on any atom is 0.261 e. The third-order valence-corrected chi connectivity index (χ3v) is 3.53. The molecule has 112 valence electrons. The third kappa shape index (κ3) is 3.20. The summed E-state index contributed by atoms with van der Waals surface area (Å²) in [5, 5.41) is 3.31. The van der Waals surface area contributed by atoms with Crippen LogP contribution in [-0.2, 0) is 11.8 Å². The summed E-state index contributed by atoms with van der Waals surface area (Å²) < 4.78 is 6.65. The highest BCUT2D eigenvalue weighted by molar-refractivity contribution is 7.71. The quantitative estimate of drug-likeness (QED) is 0.836. The molecule has 2 aromatic rings. The van der Waals surface area contributed by atoms with E-state index in [1.807, 2.05) is 6.92 Å². The van der Waals surface area contributed by atoms with Crippen LogP contribution in [0.3, 0.4) is 0 Å². The van der Waals surface area contributed by atoms with Gasteiger partial charge in [0.2, 0.25) is 0 Å². The fourth-order valence-electron chi connectivity index (χ4n) is 2.05. The van der Waals surface area contributed by atoms with Gasteiger partial charge in [0.05, 0.1) is 17.5 Å². The van der Waals surface area contributed by atoms with Gasteiger partial charge in [0, 0.05) is 25.8 Å². The van der Waals surface area contributed by atoms with Gasteiger partial charge in [0.15, 0.2) is 4.77 Å². The lowest BCUT2D eigenvalue weighted by atomic mass is 10.1. The maximum atomic E-state index is 12.1. The third-order valence-electron chi connectivity index (χ3n) is 3.16. The Morgan fingerprint density at radius 2 is 2.24 bits per heavy atom. The molecule has 0 saturated heterocycles. The highest BCUT2D eigenvalue weighted by Gasteiger charge is 2.11. The minimum Gasteiger partial charge on any atom is -0.383 e. The normalized spacial score (nSPS) is 12.3. The van der Waals surface area contributed by atoms with Gasteiger partial charge in [-0.3, -0.25) is 14.2 Å². The number of amides is 1. The molecule has 0 bridgehead atoms. The van der Waals surface area contributed by atoms with Crippen LogP contribution < -0.4 is 10.9 Å². The SMILES string of the molecule is COCC(C)NC(=O)c1ccc2c(=O)n(C)c(=S)[nH]c2c1. The average molecular weight is 307 g/mol. The molecule has 1 aromatic heterocycles. The minimum atomic E-state index is -0.221. The Bertz CT molecular complexity index is 794. The largest absolute Gasteiger partial charge is 0.383 e. The van der Waals surface area contributed by atoms with Crippen LogP contribution in [0.2, 0.25) is 0 Å². The molecule has 2 N–H and O–H groups in total. The molecule has 0 aliphatic carbocycles. The van der Waals surface area contributed by atoms with Crippen molar-refractivity contribution in [3.8, 4) is 0 Å². The molecule has 7 heteroatoms. The number of H-pyrrole nitrogens is 1. The molecular weight excluding hydrogens is 290 g/mol. The first-order valence-electron chi connectivity index (χ1n) is 6.47. The number of carbonyl (C=O) groups is 1. The van der Waals surface area contributed by atoms with E-state index in [1.54, 1.807) is 32.4 Å². The van der Waals surface area contributed by atoms with E-state index >= 15 is 0 Å². The predicted octanol–water partition coefficient (Wildman–Crippen LogP) is 1.36. The van der Waals surface area contributed by atoms with E-state index in [1.165, 1.54) is 4.57 Å². The highest BCUT2D eigenvalue weighted by Crippen LogP contribution is 2.10. The van der Waals surface area contributed by atoms with Crippen molar-refractivity contribution in [1.29, 1.82) is 0 Å². The lowest BCUT2D eigenvalue weighted by molar-refractivity contribution is 0.0905. The van der Waals surface area contributed by atoms with E-state index in [2.05, 4.69) is 10.3 Å².